The van der Waals surface area contributed by atoms with Gasteiger partial charge in [-0.25, -0.2) is 0 Å². The summed E-state index contributed by atoms with van der Waals surface area (Å²) in [6.07, 6.45) is 1.90. The Bertz CT molecular complexity index is 535. The number of hydrogen-bond acceptors (Lipinski definition) is 2. The number of benzene rings is 1. The van der Waals surface area contributed by atoms with Gasteiger partial charge in [-0.3, -0.25) is 4.98 Å². The van der Waals surface area contributed by atoms with Crippen LogP contribution in [0.3, 0.4) is 0 Å². The molecule has 102 valence electrons. The summed E-state index contributed by atoms with van der Waals surface area (Å²) < 4.78 is 0. The number of aromatic nitrogens is 1. The van der Waals surface area contributed by atoms with Gasteiger partial charge in [-0.2, -0.15) is 0 Å². The van der Waals surface area contributed by atoms with Gasteiger partial charge < -0.3 is 5.32 Å². The molecule has 0 aliphatic rings. The van der Waals surface area contributed by atoms with Gasteiger partial charge in [0.2, 0.25) is 0 Å². The summed E-state index contributed by atoms with van der Waals surface area (Å²) in [7, 11) is 0. The summed E-state index contributed by atoms with van der Waals surface area (Å²) >= 11 is 0. The molecule has 0 fully saturated rings. The number of nitrogens with one attached hydrogen (secondary N) is 1. The first-order chi connectivity index (χ1) is 8.98. The van der Waals surface area contributed by atoms with Crippen LogP contribution in [0.5, 0.6) is 0 Å². The van der Waals surface area contributed by atoms with Crippen LogP contribution in [0.4, 0.5) is 0 Å². The Kier molecular flexibility index (Phi) is 4.20. The van der Waals surface area contributed by atoms with E-state index in [0.717, 1.165) is 18.6 Å². The molecule has 19 heavy (non-hydrogen) atoms. The average Bonchev–Trinajstić information content (AvgIpc) is 2.38. The Labute approximate surface area is 116 Å². The molecule has 1 N–H and O–H groups in total. The van der Waals surface area contributed by atoms with Gasteiger partial charge in [0.15, 0.2) is 0 Å². The van der Waals surface area contributed by atoms with E-state index in [2.05, 4.69) is 62.3 Å². The van der Waals surface area contributed by atoms with E-state index >= 15 is 0 Å². The van der Waals surface area contributed by atoms with Crippen molar-refractivity contribution < 1.29 is 0 Å². The maximum Gasteiger partial charge on any atom is 0.0705 e. The maximum absolute atomic E-state index is 4.40. The minimum absolute atomic E-state index is 0.354. The van der Waals surface area contributed by atoms with Crippen LogP contribution < -0.4 is 5.32 Å². The second kappa shape index (κ2) is 5.70. The summed E-state index contributed by atoms with van der Waals surface area (Å²) in [5.41, 5.74) is 2.75. The molecule has 0 aliphatic carbocycles. The highest BCUT2D eigenvalue weighted by atomic mass is 14.9. The van der Waals surface area contributed by atoms with Crippen molar-refractivity contribution in [1.82, 2.24) is 10.3 Å². The third-order valence-corrected chi connectivity index (χ3v) is 3.98. The van der Waals surface area contributed by atoms with E-state index in [-0.39, 0.29) is 0 Å². The first-order valence-corrected chi connectivity index (χ1v) is 7.02. The molecule has 2 heteroatoms. The van der Waals surface area contributed by atoms with Crippen molar-refractivity contribution in [3.8, 4) is 0 Å². The van der Waals surface area contributed by atoms with Gasteiger partial charge >= 0.3 is 0 Å². The van der Waals surface area contributed by atoms with Crippen molar-refractivity contribution >= 4 is 10.9 Å². The highest BCUT2D eigenvalue weighted by Crippen LogP contribution is 2.24. The second-order valence-corrected chi connectivity index (χ2v) is 6.39. The number of nitrogens with zero attached hydrogens (tertiary/aromatic N) is 1. The van der Waals surface area contributed by atoms with Crippen molar-refractivity contribution in [2.75, 3.05) is 6.54 Å². The molecule has 1 unspecified atom stereocenters. The third kappa shape index (κ3) is 3.54. The predicted octanol–water partition coefficient (Wildman–Crippen LogP) is 4.01. The zero-order valence-electron chi connectivity index (χ0n) is 12.4. The topological polar surface area (TPSA) is 24.9 Å². The van der Waals surface area contributed by atoms with Crippen molar-refractivity contribution in [1.29, 1.82) is 0 Å². The minimum Gasteiger partial charge on any atom is -0.312 e. The van der Waals surface area contributed by atoms with E-state index in [1.54, 1.807) is 0 Å². The lowest BCUT2D eigenvalue weighted by molar-refractivity contribution is 0.252. The molecule has 0 saturated heterocycles. The number of pyridine rings is 1. The van der Waals surface area contributed by atoms with Crippen LogP contribution in [0.25, 0.3) is 10.9 Å². The molecule has 2 nitrogen and oxygen atoms in total. The van der Waals surface area contributed by atoms with Crippen LogP contribution in [0.2, 0.25) is 0 Å². The Morgan fingerprint density at radius 1 is 1.16 bits per heavy atom. The summed E-state index contributed by atoms with van der Waals surface area (Å²) in [6, 6.07) is 10.4. The lowest BCUT2D eigenvalue weighted by Crippen LogP contribution is -2.29. The van der Waals surface area contributed by atoms with E-state index in [9.17, 15) is 0 Å². The Hall–Kier alpha value is -1.41. The fraction of sp³-hybridized carbons (Fsp3) is 0.471. The molecule has 0 aliphatic heterocycles. The summed E-state index contributed by atoms with van der Waals surface area (Å²) in [6.45, 7) is 11.1. The Morgan fingerprint density at radius 2 is 1.89 bits per heavy atom. The number of hydrogen-bond donors (Lipinski definition) is 1. The molecule has 0 bridgehead atoms. The van der Waals surface area contributed by atoms with Crippen LogP contribution in [0.1, 0.15) is 33.3 Å². The standard InChI is InChI=1S/C17H24N2/c1-13(17(2,3)4)11-18-12-14-9-10-19-16-8-6-5-7-15(14)16/h5-10,13,18H,11-12H2,1-4H3. The van der Waals surface area contributed by atoms with Crippen LogP contribution in [-0.2, 0) is 6.54 Å². The van der Waals surface area contributed by atoms with Gasteiger partial charge in [0.05, 0.1) is 5.52 Å². The molecular formula is C17H24N2. The zero-order valence-corrected chi connectivity index (χ0v) is 12.4. The quantitative estimate of drug-likeness (QED) is 0.894. The van der Waals surface area contributed by atoms with Crippen LogP contribution in [0, 0.1) is 11.3 Å². The number of fused-ring (bicyclic) bond motifs is 1. The van der Waals surface area contributed by atoms with Gasteiger partial charge in [0.25, 0.3) is 0 Å². The lowest BCUT2D eigenvalue weighted by atomic mass is 9.82. The smallest absolute Gasteiger partial charge is 0.0705 e. The molecule has 0 amide bonds. The molecule has 1 aromatic carbocycles. The molecule has 1 aromatic heterocycles. The maximum atomic E-state index is 4.40. The van der Waals surface area contributed by atoms with E-state index in [1.165, 1.54) is 10.9 Å². The van der Waals surface area contributed by atoms with Gasteiger partial charge in [0, 0.05) is 18.1 Å². The van der Waals surface area contributed by atoms with Crippen molar-refractivity contribution in [3.05, 3.63) is 42.1 Å². The zero-order chi connectivity index (χ0) is 13.9. The van der Waals surface area contributed by atoms with Crippen molar-refractivity contribution in [2.45, 2.75) is 34.2 Å². The first kappa shape index (κ1) is 14.0. The number of rotatable bonds is 4. The van der Waals surface area contributed by atoms with E-state index in [1.807, 2.05) is 12.3 Å². The fourth-order valence-electron chi connectivity index (χ4n) is 2.04. The summed E-state index contributed by atoms with van der Waals surface area (Å²) in [5.74, 6) is 0.653. The van der Waals surface area contributed by atoms with E-state index in [4.69, 9.17) is 0 Å². The number of para-hydroxylation sites is 1. The molecule has 0 spiro atoms. The van der Waals surface area contributed by atoms with Crippen molar-refractivity contribution in [2.24, 2.45) is 11.3 Å². The van der Waals surface area contributed by atoms with E-state index < -0.39 is 0 Å². The molecule has 2 rings (SSSR count). The van der Waals surface area contributed by atoms with Gasteiger partial charge in [0.1, 0.15) is 0 Å². The largest absolute Gasteiger partial charge is 0.312 e. The summed E-state index contributed by atoms with van der Waals surface area (Å²) in [5, 5.41) is 4.82. The Balaban J connectivity index is 2.03. The second-order valence-electron chi connectivity index (χ2n) is 6.39. The molecule has 1 atom stereocenters. The predicted molar refractivity (Wildman–Crippen MR) is 82.1 cm³/mol. The van der Waals surface area contributed by atoms with Gasteiger partial charge in [-0.15, -0.1) is 0 Å². The minimum atomic E-state index is 0.354. The highest BCUT2D eigenvalue weighted by Gasteiger charge is 2.19. The summed E-state index contributed by atoms with van der Waals surface area (Å²) in [4.78, 5) is 4.40. The van der Waals surface area contributed by atoms with Gasteiger partial charge in [-0.1, -0.05) is 45.9 Å². The Morgan fingerprint density at radius 3 is 2.63 bits per heavy atom. The van der Waals surface area contributed by atoms with Crippen LogP contribution in [-0.4, -0.2) is 11.5 Å². The fourth-order valence-corrected chi connectivity index (χ4v) is 2.04. The van der Waals surface area contributed by atoms with E-state index in [0.29, 0.717) is 11.3 Å². The monoisotopic (exact) mass is 256 g/mol. The van der Waals surface area contributed by atoms with Crippen LogP contribution >= 0.6 is 0 Å². The molecule has 2 aromatic rings. The lowest BCUT2D eigenvalue weighted by Gasteiger charge is -2.27. The van der Waals surface area contributed by atoms with Crippen LogP contribution in [0.15, 0.2) is 36.5 Å². The average molecular weight is 256 g/mol. The molecule has 0 saturated carbocycles. The SMILES string of the molecule is CC(CNCc1ccnc2ccccc12)C(C)(C)C. The van der Waals surface area contributed by atoms with Crippen molar-refractivity contribution in [3.63, 3.8) is 0 Å². The first-order valence-electron chi connectivity index (χ1n) is 7.02. The molecule has 1 heterocycles. The van der Waals surface area contributed by atoms with Gasteiger partial charge in [-0.05, 0) is 35.6 Å². The molecule has 0 radical (unpaired) electrons. The normalized spacial score (nSPS) is 13.7. The third-order valence-electron chi connectivity index (χ3n) is 3.98. The highest BCUT2D eigenvalue weighted by molar-refractivity contribution is 5.81. The molecular weight excluding hydrogens is 232 g/mol.